The molecule has 0 unspecified atom stereocenters. The second-order valence-corrected chi connectivity index (χ2v) is 5.78. The molecule has 7 nitrogen and oxygen atoms in total. The van der Waals surface area contributed by atoms with E-state index in [1.54, 1.807) is 34.6 Å². The Bertz CT molecular complexity index is 348. The van der Waals surface area contributed by atoms with E-state index in [4.69, 9.17) is 9.47 Å². The summed E-state index contributed by atoms with van der Waals surface area (Å²) in [6.45, 7) is 8.43. The zero-order valence-corrected chi connectivity index (χ0v) is 11.4. The van der Waals surface area contributed by atoms with Gasteiger partial charge in [-0.3, -0.25) is 15.0 Å². The van der Waals surface area contributed by atoms with Crippen molar-refractivity contribution >= 4 is 6.09 Å². The first-order valence-electron chi connectivity index (χ1n) is 5.81. The highest BCUT2D eigenvalue weighted by molar-refractivity contribution is 5.69. The third-order valence-electron chi connectivity index (χ3n) is 2.52. The first-order valence-corrected chi connectivity index (χ1v) is 5.81. The average molecular weight is 260 g/mol. The SMILES string of the molecule is CC(C)(C)OC(=O)N1[C@@H](C[N+](=O)[O-])COC1(C)C. The van der Waals surface area contributed by atoms with Crippen LogP contribution in [0.2, 0.25) is 0 Å². The molecule has 1 atom stereocenters. The zero-order chi connectivity index (χ0) is 14.1. The molecule has 1 rings (SSSR count). The van der Waals surface area contributed by atoms with Gasteiger partial charge in [0.1, 0.15) is 17.4 Å². The molecule has 1 fully saturated rings. The molecule has 1 aliphatic heterocycles. The molecule has 1 aliphatic rings. The summed E-state index contributed by atoms with van der Waals surface area (Å²) in [5.41, 5.74) is -1.53. The van der Waals surface area contributed by atoms with Crippen LogP contribution < -0.4 is 0 Å². The fourth-order valence-electron chi connectivity index (χ4n) is 1.87. The van der Waals surface area contributed by atoms with Crippen molar-refractivity contribution < 1.29 is 19.2 Å². The Morgan fingerprint density at radius 2 is 2.11 bits per heavy atom. The van der Waals surface area contributed by atoms with Crippen LogP contribution in [0.5, 0.6) is 0 Å². The number of nitro groups is 1. The van der Waals surface area contributed by atoms with Crippen LogP contribution in [-0.4, -0.2) is 46.4 Å². The lowest BCUT2D eigenvalue weighted by atomic mass is 10.2. The van der Waals surface area contributed by atoms with Crippen LogP contribution in [0, 0.1) is 10.1 Å². The molecule has 0 aliphatic carbocycles. The largest absolute Gasteiger partial charge is 0.444 e. The number of rotatable bonds is 2. The van der Waals surface area contributed by atoms with E-state index in [2.05, 4.69) is 0 Å². The highest BCUT2D eigenvalue weighted by atomic mass is 16.6. The molecule has 1 saturated heterocycles. The van der Waals surface area contributed by atoms with E-state index in [0.29, 0.717) is 0 Å². The molecule has 0 bridgehead atoms. The Hall–Kier alpha value is -1.37. The molecular weight excluding hydrogens is 240 g/mol. The summed E-state index contributed by atoms with van der Waals surface area (Å²) in [5.74, 6) is 0. The van der Waals surface area contributed by atoms with Gasteiger partial charge in [0, 0.05) is 4.92 Å². The number of hydrogen-bond donors (Lipinski definition) is 0. The predicted molar refractivity (Wildman–Crippen MR) is 63.8 cm³/mol. The summed E-state index contributed by atoms with van der Waals surface area (Å²) in [6.07, 6.45) is -0.586. The minimum absolute atomic E-state index is 0.146. The maximum absolute atomic E-state index is 12.1. The van der Waals surface area contributed by atoms with E-state index in [1.165, 1.54) is 4.90 Å². The van der Waals surface area contributed by atoms with E-state index in [-0.39, 0.29) is 13.2 Å². The molecule has 0 saturated carbocycles. The van der Waals surface area contributed by atoms with Crippen molar-refractivity contribution in [2.45, 2.75) is 52.0 Å². The van der Waals surface area contributed by atoms with Crippen molar-refractivity contribution in [1.29, 1.82) is 0 Å². The molecular formula is C11H20N2O5. The van der Waals surface area contributed by atoms with Crippen molar-refractivity contribution in [3.05, 3.63) is 10.1 Å². The topological polar surface area (TPSA) is 81.9 Å². The molecule has 1 heterocycles. The van der Waals surface area contributed by atoms with Crippen LogP contribution >= 0.6 is 0 Å². The van der Waals surface area contributed by atoms with Gasteiger partial charge in [-0.25, -0.2) is 4.79 Å². The van der Waals surface area contributed by atoms with Gasteiger partial charge in [0.15, 0.2) is 0 Å². The minimum atomic E-state index is -0.886. The van der Waals surface area contributed by atoms with Crippen LogP contribution in [0.15, 0.2) is 0 Å². The molecule has 7 heteroatoms. The normalized spacial score (nSPS) is 22.9. The van der Waals surface area contributed by atoms with Crippen LogP contribution in [0.25, 0.3) is 0 Å². The van der Waals surface area contributed by atoms with Crippen LogP contribution in [0.4, 0.5) is 4.79 Å². The van der Waals surface area contributed by atoms with Gasteiger partial charge in [-0.1, -0.05) is 0 Å². The fourth-order valence-corrected chi connectivity index (χ4v) is 1.87. The lowest BCUT2D eigenvalue weighted by Crippen LogP contribution is -2.51. The quantitative estimate of drug-likeness (QED) is 0.556. The standard InChI is InChI=1S/C11H20N2O5/c1-10(2,3)18-9(14)13-8(6-12(15)16)7-17-11(13,4)5/h8H,6-7H2,1-5H3/t8-/m0/s1. The van der Waals surface area contributed by atoms with Crippen molar-refractivity contribution in [2.75, 3.05) is 13.2 Å². The Labute approximate surface area is 106 Å². The Morgan fingerprint density at radius 1 is 1.56 bits per heavy atom. The van der Waals surface area contributed by atoms with Crippen LogP contribution in [0.3, 0.4) is 0 Å². The molecule has 0 radical (unpaired) electrons. The Kier molecular flexibility index (Phi) is 3.85. The Morgan fingerprint density at radius 3 is 2.56 bits per heavy atom. The second kappa shape index (κ2) is 4.72. The van der Waals surface area contributed by atoms with Gasteiger partial charge in [-0.15, -0.1) is 0 Å². The number of carbonyl (C=O) groups excluding carboxylic acids is 1. The van der Waals surface area contributed by atoms with E-state index in [9.17, 15) is 14.9 Å². The molecule has 0 aromatic heterocycles. The molecule has 104 valence electrons. The number of hydrogen-bond acceptors (Lipinski definition) is 5. The van der Waals surface area contributed by atoms with Crippen LogP contribution in [-0.2, 0) is 9.47 Å². The minimum Gasteiger partial charge on any atom is -0.444 e. The van der Waals surface area contributed by atoms with Gasteiger partial charge in [0.25, 0.3) is 0 Å². The molecule has 0 aromatic rings. The third kappa shape index (κ3) is 3.56. The van der Waals surface area contributed by atoms with Gasteiger partial charge < -0.3 is 9.47 Å². The van der Waals surface area contributed by atoms with E-state index in [1.807, 2.05) is 0 Å². The van der Waals surface area contributed by atoms with Gasteiger partial charge in [-0.2, -0.15) is 0 Å². The van der Waals surface area contributed by atoms with Gasteiger partial charge in [0.2, 0.25) is 6.54 Å². The van der Waals surface area contributed by atoms with Crippen molar-refractivity contribution in [1.82, 2.24) is 4.90 Å². The van der Waals surface area contributed by atoms with Crippen LogP contribution in [0.1, 0.15) is 34.6 Å². The summed E-state index contributed by atoms with van der Waals surface area (Å²) < 4.78 is 10.7. The lowest BCUT2D eigenvalue weighted by molar-refractivity contribution is -0.485. The van der Waals surface area contributed by atoms with Crippen molar-refractivity contribution in [3.63, 3.8) is 0 Å². The van der Waals surface area contributed by atoms with Gasteiger partial charge >= 0.3 is 6.09 Å². The highest BCUT2D eigenvalue weighted by Gasteiger charge is 2.47. The molecule has 0 aromatic carbocycles. The summed E-state index contributed by atoms with van der Waals surface area (Å²) in [4.78, 5) is 23.5. The number of carbonyl (C=O) groups is 1. The van der Waals surface area contributed by atoms with Gasteiger partial charge in [-0.05, 0) is 34.6 Å². The molecule has 0 N–H and O–H groups in total. The van der Waals surface area contributed by atoms with E-state index < -0.39 is 28.4 Å². The van der Waals surface area contributed by atoms with E-state index in [0.717, 1.165) is 0 Å². The average Bonchev–Trinajstić information content (AvgIpc) is 2.36. The Balaban J connectivity index is 2.85. The van der Waals surface area contributed by atoms with E-state index >= 15 is 0 Å². The number of nitrogens with zero attached hydrogens (tertiary/aromatic N) is 2. The maximum atomic E-state index is 12.1. The maximum Gasteiger partial charge on any atom is 0.413 e. The smallest absolute Gasteiger partial charge is 0.413 e. The fraction of sp³-hybridized carbons (Fsp3) is 0.909. The van der Waals surface area contributed by atoms with Crippen molar-refractivity contribution in [2.24, 2.45) is 0 Å². The summed E-state index contributed by atoms with van der Waals surface area (Å²) in [5, 5.41) is 10.6. The number of ether oxygens (including phenoxy) is 2. The lowest BCUT2D eigenvalue weighted by Gasteiger charge is -2.33. The predicted octanol–water partition coefficient (Wildman–Crippen LogP) is 1.64. The first kappa shape index (κ1) is 14.7. The summed E-state index contributed by atoms with van der Waals surface area (Å²) >= 11 is 0. The third-order valence-corrected chi connectivity index (χ3v) is 2.52. The zero-order valence-electron chi connectivity index (χ0n) is 11.4. The number of amides is 1. The molecule has 0 spiro atoms. The summed E-state index contributed by atoms with van der Waals surface area (Å²) in [6, 6.07) is -0.593. The molecule has 1 amide bonds. The molecule has 18 heavy (non-hydrogen) atoms. The van der Waals surface area contributed by atoms with Gasteiger partial charge in [0.05, 0.1) is 6.61 Å². The summed E-state index contributed by atoms with van der Waals surface area (Å²) in [7, 11) is 0. The monoisotopic (exact) mass is 260 g/mol. The van der Waals surface area contributed by atoms with Crippen molar-refractivity contribution in [3.8, 4) is 0 Å². The first-order chi connectivity index (χ1) is 8.03. The second-order valence-electron chi connectivity index (χ2n) is 5.78. The highest BCUT2D eigenvalue weighted by Crippen LogP contribution is 2.29.